The predicted molar refractivity (Wildman–Crippen MR) is 72.8 cm³/mol. The number of nitriles is 1. The van der Waals surface area contributed by atoms with Gasteiger partial charge in [0.2, 0.25) is 12.2 Å². The summed E-state index contributed by atoms with van der Waals surface area (Å²) in [5, 5.41) is 47.7. The van der Waals surface area contributed by atoms with Gasteiger partial charge in [-0.05, 0) is 25.5 Å². The van der Waals surface area contributed by atoms with E-state index in [4.69, 9.17) is 14.6 Å². The highest BCUT2D eigenvalue weighted by Gasteiger charge is 2.45. The van der Waals surface area contributed by atoms with Gasteiger partial charge < -0.3 is 29.9 Å². The number of aliphatic hydroxyl groups is 4. The van der Waals surface area contributed by atoms with E-state index in [9.17, 15) is 20.6 Å². The molecular weight excluding hydrogens is 292 g/mol. The molecule has 2 rings (SSSR count). The van der Waals surface area contributed by atoms with Gasteiger partial charge in [-0.1, -0.05) is 0 Å². The van der Waals surface area contributed by atoms with Gasteiger partial charge in [-0.3, -0.25) is 0 Å². The van der Waals surface area contributed by atoms with Crippen molar-refractivity contribution in [1.29, 1.82) is 5.26 Å². The number of aliphatic hydroxyl groups excluding tert-OH is 4. The second kappa shape index (κ2) is 6.56. The van der Waals surface area contributed by atoms with Crippen LogP contribution in [0.1, 0.15) is 16.8 Å². The lowest BCUT2D eigenvalue weighted by Gasteiger charge is -2.39. The third kappa shape index (κ3) is 3.04. The summed E-state index contributed by atoms with van der Waals surface area (Å²) in [7, 11) is 0. The maximum atomic E-state index is 9.93. The summed E-state index contributed by atoms with van der Waals surface area (Å²) in [6.45, 7) is 2.87. The molecule has 0 radical (unpaired) electrons. The molecule has 8 heteroatoms. The van der Waals surface area contributed by atoms with Crippen LogP contribution >= 0.6 is 0 Å². The Labute approximate surface area is 127 Å². The fraction of sp³-hybridized carbons (Fsp3) is 0.571. The molecule has 0 aromatic carbocycles. The van der Waals surface area contributed by atoms with Crippen LogP contribution in [0.15, 0.2) is 6.07 Å². The van der Waals surface area contributed by atoms with Crippen molar-refractivity contribution in [3.63, 3.8) is 0 Å². The second-order valence-electron chi connectivity index (χ2n) is 5.19. The molecular formula is C14H18N2O6. The first kappa shape index (κ1) is 16.6. The Kier molecular flexibility index (Phi) is 4.95. The minimum atomic E-state index is -1.55. The van der Waals surface area contributed by atoms with Crippen molar-refractivity contribution >= 4 is 0 Å². The Hall–Kier alpha value is -1.76. The molecule has 1 aromatic rings. The van der Waals surface area contributed by atoms with Gasteiger partial charge in [-0.2, -0.15) is 5.26 Å². The molecule has 0 unspecified atom stereocenters. The average molecular weight is 310 g/mol. The molecule has 4 N–H and O–H groups in total. The van der Waals surface area contributed by atoms with Crippen LogP contribution in [0.5, 0.6) is 5.88 Å². The average Bonchev–Trinajstić information content (AvgIpc) is 2.47. The van der Waals surface area contributed by atoms with Crippen molar-refractivity contribution in [1.82, 2.24) is 4.98 Å². The molecule has 0 amide bonds. The van der Waals surface area contributed by atoms with Crippen molar-refractivity contribution < 1.29 is 29.9 Å². The Balaban J connectivity index is 2.28. The van der Waals surface area contributed by atoms with Crippen LogP contribution < -0.4 is 4.74 Å². The summed E-state index contributed by atoms with van der Waals surface area (Å²) in [6, 6.07) is 3.66. The maximum absolute atomic E-state index is 9.93. The predicted octanol–water partition coefficient (Wildman–Crippen LogP) is -1.25. The number of nitrogens with zero attached hydrogens (tertiary/aromatic N) is 2. The van der Waals surface area contributed by atoms with Gasteiger partial charge in [-0.25, -0.2) is 4.98 Å². The largest absolute Gasteiger partial charge is 0.444 e. The number of aryl methyl sites for hydroxylation is 2. The van der Waals surface area contributed by atoms with Crippen LogP contribution in [0.25, 0.3) is 0 Å². The summed E-state index contributed by atoms with van der Waals surface area (Å²) < 4.78 is 10.6. The molecule has 1 saturated heterocycles. The first-order chi connectivity index (χ1) is 10.4. The monoisotopic (exact) mass is 310 g/mol. The molecule has 120 valence electrons. The smallest absolute Gasteiger partial charge is 0.234 e. The molecule has 2 heterocycles. The summed E-state index contributed by atoms with van der Waals surface area (Å²) in [4.78, 5) is 4.09. The highest BCUT2D eigenvalue weighted by molar-refractivity contribution is 5.45. The number of hydrogen-bond donors (Lipinski definition) is 4. The Morgan fingerprint density at radius 2 is 1.95 bits per heavy atom. The van der Waals surface area contributed by atoms with E-state index in [1.54, 1.807) is 19.9 Å². The van der Waals surface area contributed by atoms with Crippen LogP contribution in [0, 0.1) is 25.2 Å². The highest BCUT2D eigenvalue weighted by atomic mass is 16.7. The molecule has 1 aliphatic heterocycles. The number of aromatic nitrogens is 1. The molecule has 0 spiro atoms. The third-order valence-electron chi connectivity index (χ3n) is 3.50. The van der Waals surface area contributed by atoms with Crippen LogP contribution in [0.4, 0.5) is 0 Å². The standard InChI is InChI=1S/C14H18N2O6/c1-6-3-7(2)16-13(8(6)4-15)22-14-12(20)11(19)10(18)9(5-17)21-14/h3,9-12,14,17-20H,5H2,1-2H3/t9-,10-,11+,12-,14+/m1/s1. The van der Waals surface area contributed by atoms with Crippen molar-refractivity contribution in [2.24, 2.45) is 0 Å². The number of rotatable bonds is 3. The van der Waals surface area contributed by atoms with Crippen LogP contribution in [0.3, 0.4) is 0 Å². The first-order valence-corrected chi connectivity index (χ1v) is 6.74. The summed E-state index contributed by atoms with van der Waals surface area (Å²) in [5.41, 5.74) is 1.44. The molecule has 1 fully saturated rings. The summed E-state index contributed by atoms with van der Waals surface area (Å²) in [6.07, 6.45) is -7.02. The molecule has 5 atom stereocenters. The van der Waals surface area contributed by atoms with E-state index in [2.05, 4.69) is 4.98 Å². The van der Waals surface area contributed by atoms with Crippen molar-refractivity contribution in [2.45, 2.75) is 44.6 Å². The fourth-order valence-corrected chi connectivity index (χ4v) is 2.30. The van der Waals surface area contributed by atoms with Gasteiger partial charge in [-0.15, -0.1) is 0 Å². The van der Waals surface area contributed by atoms with Crippen molar-refractivity contribution in [3.05, 3.63) is 22.9 Å². The molecule has 0 aliphatic carbocycles. The molecule has 1 aromatic heterocycles. The van der Waals surface area contributed by atoms with E-state index < -0.39 is 37.3 Å². The fourth-order valence-electron chi connectivity index (χ4n) is 2.30. The van der Waals surface area contributed by atoms with Crippen LogP contribution in [0.2, 0.25) is 0 Å². The first-order valence-electron chi connectivity index (χ1n) is 6.74. The lowest BCUT2D eigenvalue weighted by Crippen LogP contribution is -2.60. The Bertz CT molecular complexity index is 585. The molecule has 0 saturated carbocycles. The normalized spacial score (nSPS) is 31.6. The van der Waals surface area contributed by atoms with Gasteiger partial charge in [0.1, 0.15) is 36.0 Å². The number of ether oxygens (including phenoxy) is 2. The second-order valence-corrected chi connectivity index (χ2v) is 5.19. The van der Waals surface area contributed by atoms with Crippen LogP contribution in [-0.2, 0) is 4.74 Å². The molecule has 0 bridgehead atoms. The van der Waals surface area contributed by atoms with Gasteiger partial charge in [0.05, 0.1) is 6.61 Å². The highest BCUT2D eigenvalue weighted by Crippen LogP contribution is 2.26. The minimum absolute atomic E-state index is 0.0377. The van der Waals surface area contributed by atoms with Crippen LogP contribution in [-0.4, -0.2) is 62.7 Å². The summed E-state index contributed by atoms with van der Waals surface area (Å²) >= 11 is 0. The Morgan fingerprint density at radius 3 is 2.55 bits per heavy atom. The van der Waals surface area contributed by atoms with Gasteiger partial charge in [0.25, 0.3) is 0 Å². The zero-order valence-electron chi connectivity index (χ0n) is 12.2. The van der Waals surface area contributed by atoms with Gasteiger partial charge in [0, 0.05) is 5.69 Å². The molecule has 22 heavy (non-hydrogen) atoms. The number of pyridine rings is 1. The zero-order chi connectivity index (χ0) is 16.4. The molecule has 8 nitrogen and oxygen atoms in total. The summed E-state index contributed by atoms with van der Waals surface area (Å²) in [5.74, 6) is -0.0377. The zero-order valence-corrected chi connectivity index (χ0v) is 12.2. The Morgan fingerprint density at radius 1 is 1.27 bits per heavy atom. The van der Waals surface area contributed by atoms with Crippen molar-refractivity contribution in [3.8, 4) is 11.9 Å². The minimum Gasteiger partial charge on any atom is -0.444 e. The van der Waals surface area contributed by atoms with E-state index in [1.807, 2.05) is 6.07 Å². The molecule has 1 aliphatic rings. The van der Waals surface area contributed by atoms with E-state index in [0.29, 0.717) is 11.3 Å². The van der Waals surface area contributed by atoms with E-state index in [1.165, 1.54) is 0 Å². The SMILES string of the molecule is Cc1cc(C)c(C#N)c(O[C@@H]2O[C@H](CO)[C@@H](O)[C@H](O)[C@H]2O)n1. The quantitative estimate of drug-likeness (QED) is 0.543. The maximum Gasteiger partial charge on any atom is 0.234 e. The lowest BCUT2D eigenvalue weighted by molar-refractivity contribution is -0.278. The third-order valence-corrected chi connectivity index (χ3v) is 3.50. The van der Waals surface area contributed by atoms with Crippen molar-refractivity contribution in [2.75, 3.05) is 6.61 Å². The van der Waals surface area contributed by atoms with E-state index in [-0.39, 0.29) is 11.4 Å². The van der Waals surface area contributed by atoms with E-state index >= 15 is 0 Å². The van der Waals surface area contributed by atoms with Gasteiger partial charge in [0.15, 0.2) is 0 Å². The van der Waals surface area contributed by atoms with Gasteiger partial charge >= 0.3 is 0 Å². The lowest BCUT2D eigenvalue weighted by atomic mass is 9.99. The topological polar surface area (TPSA) is 136 Å². The van der Waals surface area contributed by atoms with E-state index in [0.717, 1.165) is 0 Å². The number of hydrogen-bond acceptors (Lipinski definition) is 8.